The first-order chi connectivity index (χ1) is 8.65. The first-order valence-corrected chi connectivity index (χ1v) is 5.63. The summed E-state index contributed by atoms with van der Waals surface area (Å²) in [5.74, 6) is 0. The van der Waals surface area contributed by atoms with E-state index in [4.69, 9.17) is 0 Å². The van der Waals surface area contributed by atoms with Gasteiger partial charge in [0.1, 0.15) is 5.65 Å². The van der Waals surface area contributed by atoms with Gasteiger partial charge in [-0.05, 0) is 25.1 Å². The van der Waals surface area contributed by atoms with Gasteiger partial charge in [0.25, 0.3) is 5.56 Å². The number of aromatic amines is 1. The maximum atomic E-state index is 11.6. The topological polar surface area (TPSA) is 63.6 Å². The van der Waals surface area contributed by atoms with Gasteiger partial charge >= 0.3 is 0 Å². The van der Waals surface area contributed by atoms with Gasteiger partial charge in [0.15, 0.2) is 0 Å². The fourth-order valence-corrected chi connectivity index (χ4v) is 1.98. The van der Waals surface area contributed by atoms with Crippen molar-refractivity contribution < 1.29 is 0 Å². The molecule has 3 aromatic rings. The normalized spacial score (nSPS) is 11.0. The molecule has 0 aliphatic carbocycles. The number of hydrogen-bond acceptors (Lipinski definition) is 3. The number of aromatic nitrogens is 4. The molecule has 0 saturated heterocycles. The molecule has 18 heavy (non-hydrogen) atoms. The fraction of sp³-hybridized carbons (Fsp3) is 0.154. The van der Waals surface area contributed by atoms with Gasteiger partial charge in [-0.3, -0.25) is 4.79 Å². The lowest BCUT2D eigenvalue weighted by molar-refractivity contribution is 0.705. The minimum absolute atomic E-state index is 0.0746. The van der Waals surface area contributed by atoms with Crippen molar-refractivity contribution in [1.82, 2.24) is 19.7 Å². The Balaban J connectivity index is 2.22. The van der Waals surface area contributed by atoms with Crippen LogP contribution < -0.4 is 5.56 Å². The highest BCUT2D eigenvalue weighted by atomic mass is 16.1. The van der Waals surface area contributed by atoms with Crippen LogP contribution in [-0.2, 0) is 7.05 Å². The van der Waals surface area contributed by atoms with Crippen molar-refractivity contribution in [2.24, 2.45) is 7.05 Å². The lowest BCUT2D eigenvalue weighted by Gasteiger charge is -2.04. The molecule has 0 fully saturated rings. The number of fused-ring (bicyclic) bond motifs is 1. The van der Waals surface area contributed by atoms with Gasteiger partial charge in [-0.15, -0.1) is 0 Å². The zero-order valence-corrected chi connectivity index (χ0v) is 10.1. The maximum absolute atomic E-state index is 11.6. The van der Waals surface area contributed by atoms with Crippen LogP contribution in [0.5, 0.6) is 0 Å². The Bertz CT molecular complexity index is 759. The van der Waals surface area contributed by atoms with E-state index in [1.165, 1.54) is 4.68 Å². The summed E-state index contributed by atoms with van der Waals surface area (Å²) in [5, 5.41) is 5.28. The minimum Gasteiger partial charge on any atom is -0.346 e. The van der Waals surface area contributed by atoms with Crippen molar-refractivity contribution >= 4 is 11.0 Å². The zero-order valence-electron chi connectivity index (χ0n) is 10.1. The van der Waals surface area contributed by atoms with Gasteiger partial charge in [0, 0.05) is 36.0 Å². The van der Waals surface area contributed by atoms with Crippen LogP contribution in [-0.4, -0.2) is 19.7 Å². The van der Waals surface area contributed by atoms with E-state index in [0.717, 1.165) is 22.3 Å². The van der Waals surface area contributed by atoms with Crippen LogP contribution in [0.4, 0.5) is 0 Å². The van der Waals surface area contributed by atoms with Gasteiger partial charge in [-0.25, -0.2) is 9.67 Å². The highest BCUT2D eigenvalue weighted by Crippen LogP contribution is 2.19. The first-order valence-electron chi connectivity index (χ1n) is 5.63. The maximum Gasteiger partial charge on any atom is 0.269 e. The highest BCUT2D eigenvalue weighted by Gasteiger charge is 2.06. The monoisotopic (exact) mass is 240 g/mol. The van der Waals surface area contributed by atoms with Crippen LogP contribution in [0.15, 0.2) is 35.4 Å². The van der Waals surface area contributed by atoms with Crippen LogP contribution in [0, 0.1) is 6.92 Å². The average Bonchev–Trinajstić information content (AvgIpc) is 2.82. The summed E-state index contributed by atoms with van der Waals surface area (Å²) in [6.07, 6.45) is 3.60. The molecule has 0 saturated carbocycles. The predicted octanol–water partition coefficient (Wildman–Crippen LogP) is 1.63. The molecule has 0 aliphatic rings. The molecule has 5 heteroatoms. The molecule has 0 aliphatic heterocycles. The summed E-state index contributed by atoms with van der Waals surface area (Å²) in [6.45, 7) is 1.79. The van der Waals surface area contributed by atoms with E-state index in [2.05, 4.69) is 15.1 Å². The molecule has 1 N–H and O–H groups in total. The van der Waals surface area contributed by atoms with Crippen LogP contribution >= 0.6 is 0 Å². The average molecular weight is 240 g/mol. The van der Waals surface area contributed by atoms with E-state index >= 15 is 0 Å². The third-order valence-electron chi connectivity index (χ3n) is 2.94. The number of H-pyrrole nitrogens is 1. The molecule has 0 unspecified atom stereocenters. The van der Waals surface area contributed by atoms with E-state index in [9.17, 15) is 4.79 Å². The number of pyridine rings is 1. The number of aryl methyl sites for hydroxylation is 2. The second-order valence-electron chi connectivity index (χ2n) is 4.28. The molecule has 3 rings (SSSR count). The molecular weight excluding hydrogens is 228 g/mol. The quantitative estimate of drug-likeness (QED) is 0.703. The van der Waals surface area contributed by atoms with Gasteiger partial charge < -0.3 is 4.98 Å². The first kappa shape index (κ1) is 10.7. The lowest BCUT2D eigenvalue weighted by atomic mass is 10.1. The molecular formula is C13H12N4O. The summed E-state index contributed by atoms with van der Waals surface area (Å²) in [4.78, 5) is 19.0. The van der Waals surface area contributed by atoms with Crippen molar-refractivity contribution in [3.8, 4) is 11.3 Å². The van der Waals surface area contributed by atoms with E-state index < -0.39 is 0 Å². The van der Waals surface area contributed by atoms with E-state index in [1.54, 1.807) is 26.2 Å². The third-order valence-corrected chi connectivity index (χ3v) is 2.94. The smallest absolute Gasteiger partial charge is 0.269 e. The lowest BCUT2D eigenvalue weighted by Crippen LogP contribution is -2.21. The van der Waals surface area contributed by atoms with Crippen molar-refractivity contribution in [3.05, 3.63) is 46.5 Å². The fourth-order valence-electron chi connectivity index (χ4n) is 1.98. The third kappa shape index (κ3) is 1.60. The molecule has 0 radical (unpaired) electrons. The van der Waals surface area contributed by atoms with Crippen molar-refractivity contribution in [3.63, 3.8) is 0 Å². The summed E-state index contributed by atoms with van der Waals surface area (Å²) in [5.41, 5.74) is 3.11. The van der Waals surface area contributed by atoms with Crippen molar-refractivity contribution in [2.75, 3.05) is 0 Å². The Morgan fingerprint density at radius 1 is 1.33 bits per heavy atom. The Morgan fingerprint density at radius 2 is 2.17 bits per heavy atom. The second-order valence-corrected chi connectivity index (χ2v) is 4.28. The van der Waals surface area contributed by atoms with Gasteiger partial charge in [0.05, 0.1) is 5.69 Å². The summed E-state index contributed by atoms with van der Waals surface area (Å²) in [7, 11) is 1.65. The Hall–Kier alpha value is -2.43. The summed E-state index contributed by atoms with van der Waals surface area (Å²) < 4.78 is 1.35. The Labute approximate surface area is 103 Å². The van der Waals surface area contributed by atoms with E-state index in [-0.39, 0.29) is 5.56 Å². The van der Waals surface area contributed by atoms with Gasteiger partial charge in [0.2, 0.25) is 0 Å². The molecule has 0 bridgehead atoms. The van der Waals surface area contributed by atoms with E-state index in [0.29, 0.717) is 5.56 Å². The number of nitrogens with zero attached hydrogens (tertiary/aromatic N) is 3. The van der Waals surface area contributed by atoms with Crippen molar-refractivity contribution in [1.29, 1.82) is 0 Å². The molecule has 3 heterocycles. The van der Waals surface area contributed by atoms with E-state index in [1.807, 2.05) is 18.3 Å². The molecule has 0 amide bonds. The van der Waals surface area contributed by atoms with Crippen LogP contribution in [0.25, 0.3) is 22.3 Å². The van der Waals surface area contributed by atoms with Gasteiger partial charge in [-0.2, -0.15) is 5.10 Å². The van der Waals surface area contributed by atoms with Crippen molar-refractivity contribution in [2.45, 2.75) is 6.92 Å². The highest BCUT2D eigenvalue weighted by molar-refractivity contribution is 5.80. The minimum atomic E-state index is -0.0746. The van der Waals surface area contributed by atoms with Crippen LogP contribution in [0.1, 0.15) is 5.56 Å². The second kappa shape index (κ2) is 3.80. The Kier molecular flexibility index (Phi) is 2.26. The Morgan fingerprint density at radius 3 is 2.94 bits per heavy atom. The number of hydrogen-bond donors (Lipinski definition) is 1. The number of rotatable bonds is 1. The van der Waals surface area contributed by atoms with Crippen LogP contribution in [0.2, 0.25) is 0 Å². The molecule has 5 nitrogen and oxygen atoms in total. The molecule has 90 valence electrons. The van der Waals surface area contributed by atoms with Crippen LogP contribution in [0.3, 0.4) is 0 Å². The standard InChI is InChI=1S/C13H12N4O/c1-8-5-11(16-17(2)13(8)18)10-6-9-3-4-14-12(9)15-7-10/h3-7H,1-2H3,(H,14,15). The predicted molar refractivity (Wildman–Crippen MR) is 69.3 cm³/mol. The zero-order chi connectivity index (χ0) is 12.7. The molecule has 3 aromatic heterocycles. The molecule has 0 aromatic carbocycles. The SMILES string of the molecule is Cc1cc(-c2cnc3[nH]ccc3c2)nn(C)c1=O. The summed E-state index contributed by atoms with van der Waals surface area (Å²) >= 11 is 0. The summed E-state index contributed by atoms with van der Waals surface area (Å²) in [6, 6.07) is 5.75. The largest absolute Gasteiger partial charge is 0.346 e. The van der Waals surface area contributed by atoms with Gasteiger partial charge in [-0.1, -0.05) is 0 Å². The molecule has 0 spiro atoms. The molecule has 0 atom stereocenters. The number of nitrogens with one attached hydrogen (secondary N) is 1.